The van der Waals surface area contributed by atoms with Crippen LogP contribution in [0.1, 0.15) is 25.0 Å². The van der Waals surface area contributed by atoms with Gasteiger partial charge >= 0.3 is 6.09 Å². The van der Waals surface area contributed by atoms with Crippen LogP contribution in [-0.4, -0.2) is 23.9 Å². The lowest BCUT2D eigenvalue weighted by molar-refractivity contribution is -0.117. The van der Waals surface area contributed by atoms with Crippen LogP contribution >= 0.6 is 0 Å². The predicted molar refractivity (Wildman–Crippen MR) is 100.0 cm³/mol. The second-order valence-corrected chi connectivity index (χ2v) is 6.31. The molecule has 1 aliphatic rings. The number of benzene rings is 2. The van der Waals surface area contributed by atoms with Crippen molar-refractivity contribution < 1.29 is 14.3 Å². The molecule has 2 N–H and O–H groups in total. The fourth-order valence-electron chi connectivity index (χ4n) is 2.72. The Labute approximate surface area is 152 Å². The predicted octanol–water partition coefficient (Wildman–Crippen LogP) is 3.34. The molecule has 134 valence electrons. The SMILES string of the molecule is CC(C)C1=N[C@@H](NC(=O)OCc2ccccc2)C(=O)Nc2ccccc21. The van der Waals surface area contributed by atoms with E-state index in [0.29, 0.717) is 5.69 Å². The quantitative estimate of drug-likeness (QED) is 0.887. The standard InChI is InChI=1S/C20H21N3O3/c1-13(2)17-15-10-6-7-11-16(15)21-19(24)18(22-17)23-20(25)26-12-14-8-4-3-5-9-14/h3-11,13,18H,12H2,1-2H3,(H,21,24)(H,23,25)/t18-/m0/s1. The number of carbonyl (C=O) groups is 2. The van der Waals surface area contributed by atoms with Crippen LogP contribution in [0.3, 0.4) is 0 Å². The molecular formula is C20H21N3O3. The molecule has 0 aromatic heterocycles. The summed E-state index contributed by atoms with van der Waals surface area (Å²) < 4.78 is 5.19. The van der Waals surface area contributed by atoms with E-state index in [-0.39, 0.29) is 12.5 Å². The normalized spacial score (nSPS) is 16.2. The van der Waals surface area contributed by atoms with Crippen LogP contribution in [0.5, 0.6) is 0 Å². The molecule has 1 atom stereocenters. The van der Waals surface area contributed by atoms with E-state index in [2.05, 4.69) is 15.6 Å². The minimum absolute atomic E-state index is 0.0912. The van der Waals surface area contributed by atoms with Crippen LogP contribution in [-0.2, 0) is 16.1 Å². The molecule has 2 aromatic carbocycles. The van der Waals surface area contributed by atoms with Crippen molar-refractivity contribution in [2.75, 3.05) is 5.32 Å². The third-order valence-electron chi connectivity index (χ3n) is 3.99. The van der Waals surface area contributed by atoms with Crippen molar-refractivity contribution in [2.24, 2.45) is 10.9 Å². The average molecular weight is 351 g/mol. The van der Waals surface area contributed by atoms with Gasteiger partial charge in [-0.15, -0.1) is 0 Å². The van der Waals surface area contributed by atoms with Gasteiger partial charge < -0.3 is 10.1 Å². The number of ether oxygens (including phenoxy) is 1. The summed E-state index contributed by atoms with van der Waals surface area (Å²) in [6, 6.07) is 16.8. The molecule has 0 aliphatic carbocycles. The fraction of sp³-hybridized carbons (Fsp3) is 0.250. The zero-order valence-electron chi connectivity index (χ0n) is 14.7. The summed E-state index contributed by atoms with van der Waals surface area (Å²) in [5.41, 5.74) is 3.17. The lowest BCUT2D eigenvalue weighted by Gasteiger charge is -2.14. The first-order valence-corrected chi connectivity index (χ1v) is 8.50. The number of amides is 2. The van der Waals surface area contributed by atoms with E-state index in [0.717, 1.165) is 16.8 Å². The molecule has 0 fully saturated rings. The molecule has 0 radical (unpaired) electrons. The van der Waals surface area contributed by atoms with E-state index in [4.69, 9.17) is 4.74 Å². The second kappa shape index (κ2) is 7.82. The molecule has 2 aromatic rings. The van der Waals surface area contributed by atoms with Crippen LogP contribution in [0.25, 0.3) is 0 Å². The number of rotatable bonds is 4. The minimum atomic E-state index is -1.04. The fourth-order valence-corrected chi connectivity index (χ4v) is 2.72. The van der Waals surface area contributed by atoms with Gasteiger partial charge in [-0.05, 0) is 17.5 Å². The third-order valence-corrected chi connectivity index (χ3v) is 3.99. The van der Waals surface area contributed by atoms with Gasteiger partial charge in [0, 0.05) is 17.0 Å². The van der Waals surface area contributed by atoms with Gasteiger partial charge in [0.1, 0.15) is 6.61 Å². The molecular weight excluding hydrogens is 330 g/mol. The number of benzodiazepines with no additional fused rings is 1. The number of para-hydroxylation sites is 1. The average Bonchev–Trinajstić information content (AvgIpc) is 2.78. The maximum absolute atomic E-state index is 12.5. The summed E-state index contributed by atoms with van der Waals surface area (Å²) in [5.74, 6) is -0.307. The number of hydrogen-bond acceptors (Lipinski definition) is 4. The highest BCUT2D eigenvalue weighted by molar-refractivity contribution is 6.12. The lowest BCUT2D eigenvalue weighted by atomic mass is 9.98. The maximum Gasteiger partial charge on any atom is 0.409 e. The van der Waals surface area contributed by atoms with Gasteiger partial charge in [-0.1, -0.05) is 62.4 Å². The van der Waals surface area contributed by atoms with Crippen LogP contribution in [0.15, 0.2) is 59.6 Å². The van der Waals surface area contributed by atoms with E-state index in [1.165, 1.54) is 0 Å². The van der Waals surface area contributed by atoms with Gasteiger partial charge in [0.15, 0.2) is 0 Å². The largest absolute Gasteiger partial charge is 0.445 e. The highest BCUT2D eigenvalue weighted by Crippen LogP contribution is 2.23. The summed E-state index contributed by atoms with van der Waals surface area (Å²) >= 11 is 0. The van der Waals surface area contributed by atoms with Crippen molar-refractivity contribution in [3.63, 3.8) is 0 Å². The van der Waals surface area contributed by atoms with Gasteiger partial charge in [0.05, 0.1) is 0 Å². The zero-order valence-corrected chi connectivity index (χ0v) is 14.7. The summed E-state index contributed by atoms with van der Waals surface area (Å²) in [6.07, 6.45) is -1.73. The maximum atomic E-state index is 12.5. The highest BCUT2D eigenvalue weighted by Gasteiger charge is 2.27. The Morgan fingerprint density at radius 2 is 1.85 bits per heavy atom. The van der Waals surface area contributed by atoms with Crippen molar-refractivity contribution in [3.05, 3.63) is 65.7 Å². The van der Waals surface area contributed by atoms with Gasteiger partial charge in [-0.3, -0.25) is 15.1 Å². The second-order valence-electron chi connectivity index (χ2n) is 6.31. The molecule has 0 spiro atoms. The third kappa shape index (κ3) is 4.08. The van der Waals surface area contributed by atoms with Crippen LogP contribution < -0.4 is 10.6 Å². The van der Waals surface area contributed by atoms with E-state index >= 15 is 0 Å². The molecule has 26 heavy (non-hydrogen) atoms. The highest BCUT2D eigenvalue weighted by atomic mass is 16.5. The van der Waals surface area contributed by atoms with Crippen molar-refractivity contribution in [1.82, 2.24) is 5.32 Å². The first-order chi connectivity index (χ1) is 12.5. The first kappa shape index (κ1) is 17.7. The molecule has 3 rings (SSSR count). The monoisotopic (exact) mass is 351 g/mol. The van der Waals surface area contributed by atoms with Crippen molar-refractivity contribution >= 4 is 23.4 Å². The smallest absolute Gasteiger partial charge is 0.409 e. The van der Waals surface area contributed by atoms with Crippen LogP contribution in [0.2, 0.25) is 0 Å². The Kier molecular flexibility index (Phi) is 5.31. The Morgan fingerprint density at radius 1 is 1.15 bits per heavy atom. The molecule has 0 unspecified atom stereocenters. The van der Waals surface area contributed by atoms with Crippen molar-refractivity contribution in [2.45, 2.75) is 26.6 Å². The molecule has 0 bridgehead atoms. The number of nitrogens with one attached hydrogen (secondary N) is 2. The number of alkyl carbamates (subject to hydrolysis) is 1. The summed E-state index contributed by atoms with van der Waals surface area (Å²) in [4.78, 5) is 29.1. The van der Waals surface area contributed by atoms with E-state index in [9.17, 15) is 9.59 Å². The number of nitrogens with zero attached hydrogens (tertiary/aromatic N) is 1. The molecule has 6 nitrogen and oxygen atoms in total. The van der Waals surface area contributed by atoms with Crippen LogP contribution in [0, 0.1) is 5.92 Å². The lowest BCUT2D eigenvalue weighted by Crippen LogP contribution is -2.42. The van der Waals surface area contributed by atoms with Crippen molar-refractivity contribution in [1.29, 1.82) is 0 Å². The van der Waals surface area contributed by atoms with E-state index in [1.54, 1.807) is 0 Å². The Hall–Kier alpha value is -3.15. The number of hydrogen-bond donors (Lipinski definition) is 2. The Bertz CT molecular complexity index is 831. The molecule has 0 saturated heterocycles. The number of anilines is 1. The van der Waals surface area contributed by atoms with E-state index < -0.39 is 18.2 Å². The molecule has 1 heterocycles. The van der Waals surface area contributed by atoms with Gasteiger partial charge in [0.25, 0.3) is 5.91 Å². The topological polar surface area (TPSA) is 79.8 Å². The minimum Gasteiger partial charge on any atom is -0.445 e. The van der Waals surface area contributed by atoms with Crippen LogP contribution in [0.4, 0.5) is 10.5 Å². The number of aliphatic imine (C=N–C) groups is 1. The van der Waals surface area contributed by atoms with Crippen molar-refractivity contribution in [3.8, 4) is 0 Å². The van der Waals surface area contributed by atoms with Gasteiger partial charge in [-0.2, -0.15) is 0 Å². The molecule has 2 amide bonds. The summed E-state index contributed by atoms with van der Waals surface area (Å²) in [6.45, 7) is 4.12. The van der Waals surface area contributed by atoms with Gasteiger partial charge in [-0.25, -0.2) is 4.79 Å². The molecule has 0 saturated carbocycles. The first-order valence-electron chi connectivity index (χ1n) is 8.50. The zero-order chi connectivity index (χ0) is 18.5. The Morgan fingerprint density at radius 3 is 2.58 bits per heavy atom. The summed E-state index contributed by atoms with van der Waals surface area (Å²) in [7, 11) is 0. The van der Waals surface area contributed by atoms with Gasteiger partial charge in [0.2, 0.25) is 6.17 Å². The number of carbonyl (C=O) groups excluding carboxylic acids is 2. The summed E-state index contributed by atoms with van der Waals surface area (Å²) in [5, 5.41) is 5.35. The Balaban J connectivity index is 1.74. The molecule has 6 heteroatoms. The molecule has 1 aliphatic heterocycles. The number of fused-ring (bicyclic) bond motifs is 1. The van der Waals surface area contributed by atoms with E-state index in [1.807, 2.05) is 68.4 Å².